The lowest BCUT2D eigenvalue weighted by Gasteiger charge is -2.22. The van der Waals surface area contributed by atoms with Crippen LogP contribution in [0.25, 0.3) is 11.3 Å². The molecule has 0 radical (unpaired) electrons. The summed E-state index contributed by atoms with van der Waals surface area (Å²) in [5.74, 6) is -0.224. The van der Waals surface area contributed by atoms with Crippen molar-refractivity contribution in [2.75, 3.05) is 7.05 Å². The Labute approximate surface area is 111 Å². The third kappa shape index (κ3) is 3.15. The van der Waals surface area contributed by atoms with Crippen LogP contribution in [0.5, 0.6) is 0 Å². The second-order valence-electron chi connectivity index (χ2n) is 4.95. The molecule has 0 saturated heterocycles. The molecule has 1 heterocycles. The van der Waals surface area contributed by atoms with Crippen molar-refractivity contribution in [3.63, 3.8) is 0 Å². The van der Waals surface area contributed by atoms with Crippen LogP contribution in [-0.2, 0) is 6.42 Å². The molecule has 0 aliphatic rings. The third-order valence-electron chi connectivity index (χ3n) is 2.94. The highest BCUT2D eigenvalue weighted by Crippen LogP contribution is 2.24. The summed E-state index contributed by atoms with van der Waals surface area (Å²) in [6, 6.07) is 6.55. The van der Waals surface area contributed by atoms with E-state index in [0.717, 1.165) is 22.7 Å². The smallest absolute Gasteiger partial charge is 0.123 e. The van der Waals surface area contributed by atoms with E-state index in [0.29, 0.717) is 0 Å². The second kappa shape index (κ2) is 5.16. The number of hydrogen-bond acceptors (Lipinski definition) is 3. The van der Waals surface area contributed by atoms with E-state index in [4.69, 9.17) is 0 Å². The van der Waals surface area contributed by atoms with Gasteiger partial charge in [-0.25, -0.2) is 9.37 Å². The molecule has 1 aromatic carbocycles. The van der Waals surface area contributed by atoms with Crippen molar-refractivity contribution in [3.8, 4) is 11.3 Å². The van der Waals surface area contributed by atoms with E-state index in [9.17, 15) is 4.39 Å². The van der Waals surface area contributed by atoms with Crippen LogP contribution in [0.1, 0.15) is 18.9 Å². The average Bonchev–Trinajstić information content (AvgIpc) is 2.77. The molecule has 0 aliphatic carbocycles. The summed E-state index contributed by atoms with van der Waals surface area (Å²) in [6.07, 6.45) is 0.865. The van der Waals surface area contributed by atoms with Gasteiger partial charge >= 0.3 is 0 Å². The first kappa shape index (κ1) is 13.2. The Morgan fingerprint density at radius 1 is 1.39 bits per heavy atom. The first-order valence-corrected chi connectivity index (χ1v) is 6.77. The fourth-order valence-corrected chi connectivity index (χ4v) is 2.67. The molecule has 2 rings (SSSR count). The summed E-state index contributed by atoms with van der Waals surface area (Å²) in [6.45, 7) is 4.27. The van der Waals surface area contributed by atoms with Crippen LogP contribution in [-0.4, -0.2) is 17.6 Å². The topological polar surface area (TPSA) is 24.9 Å². The first-order valence-electron chi connectivity index (χ1n) is 5.89. The van der Waals surface area contributed by atoms with E-state index in [-0.39, 0.29) is 11.4 Å². The lowest BCUT2D eigenvalue weighted by atomic mass is 10.0. The van der Waals surface area contributed by atoms with E-state index < -0.39 is 0 Å². The minimum absolute atomic E-state index is 0.0249. The van der Waals surface area contributed by atoms with Gasteiger partial charge in [0.1, 0.15) is 5.82 Å². The standard InChI is InChI=1S/C14H17FN2S/c1-14(2,16-3)8-13-17-12(9-18-13)10-5-4-6-11(15)7-10/h4-7,9,16H,8H2,1-3H3. The zero-order valence-corrected chi connectivity index (χ0v) is 11.6. The molecule has 0 saturated carbocycles. The molecule has 4 heteroatoms. The van der Waals surface area contributed by atoms with Gasteiger partial charge in [-0.05, 0) is 33.0 Å². The van der Waals surface area contributed by atoms with Crippen LogP contribution < -0.4 is 5.32 Å². The van der Waals surface area contributed by atoms with Gasteiger partial charge in [-0.1, -0.05) is 12.1 Å². The highest BCUT2D eigenvalue weighted by Gasteiger charge is 2.17. The van der Waals surface area contributed by atoms with Gasteiger partial charge in [-0.3, -0.25) is 0 Å². The van der Waals surface area contributed by atoms with Gasteiger partial charge in [0, 0.05) is 22.9 Å². The van der Waals surface area contributed by atoms with Crippen LogP contribution in [0, 0.1) is 5.82 Å². The van der Waals surface area contributed by atoms with Gasteiger partial charge in [-0.2, -0.15) is 0 Å². The SMILES string of the molecule is CNC(C)(C)Cc1nc(-c2cccc(F)c2)cs1. The fraction of sp³-hybridized carbons (Fsp3) is 0.357. The summed E-state index contributed by atoms with van der Waals surface area (Å²) in [5.41, 5.74) is 1.71. The normalized spacial score (nSPS) is 11.8. The predicted octanol–water partition coefficient (Wildman–Crippen LogP) is 3.49. The Balaban J connectivity index is 2.21. The third-order valence-corrected chi connectivity index (χ3v) is 3.79. The van der Waals surface area contributed by atoms with Crippen LogP contribution in [0.15, 0.2) is 29.6 Å². The minimum Gasteiger partial charge on any atom is -0.314 e. The molecular formula is C14H17FN2S. The summed E-state index contributed by atoms with van der Waals surface area (Å²) in [5, 5.41) is 6.30. The number of rotatable bonds is 4. The van der Waals surface area contributed by atoms with E-state index in [1.54, 1.807) is 17.4 Å². The summed E-state index contributed by atoms with van der Waals surface area (Å²) in [7, 11) is 1.95. The van der Waals surface area contributed by atoms with Crippen molar-refractivity contribution in [1.82, 2.24) is 10.3 Å². The zero-order valence-electron chi connectivity index (χ0n) is 10.8. The second-order valence-corrected chi connectivity index (χ2v) is 5.89. The Morgan fingerprint density at radius 3 is 2.83 bits per heavy atom. The molecule has 0 amide bonds. The van der Waals surface area contributed by atoms with Crippen LogP contribution in [0.2, 0.25) is 0 Å². The van der Waals surface area contributed by atoms with E-state index in [2.05, 4.69) is 24.1 Å². The molecule has 18 heavy (non-hydrogen) atoms. The maximum absolute atomic E-state index is 13.2. The lowest BCUT2D eigenvalue weighted by molar-refractivity contribution is 0.421. The molecule has 0 fully saturated rings. The van der Waals surface area contributed by atoms with Gasteiger partial charge in [0.2, 0.25) is 0 Å². The quantitative estimate of drug-likeness (QED) is 0.914. The molecule has 2 aromatic rings. The van der Waals surface area contributed by atoms with Crippen molar-refractivity contribution in [1.29, 1.82) is 0 Å². The van der Waals surface area contributed by atoms with E-state index in [1.165, 1.54) is 12.1 Å². The molecule has 0 atom stereocenters. The van der Waals surface area contributed by atoms with E-state index in [1.807, 2.05) is 18.5 Å². The number of halogens is 1. The van der Waals surface area contributed by atoms with Crippen LogP contribution in [0.4, 0.5) is 4.39 Å². The van der Waals surface area contributed by atoms with Crippen molar-refractivity contribution in [2.45, 2.75) is 25.8 Å². The summed E-state index contributed by atoms with van der Waals surface area (Å²) >= 11 is 1.62. The number of nitrogens with one attached hydrogen (secondary N) is 1. The molecule has 0 bridgehead atoms. The van der Waals surface area contributed by atoms with Gasteiger partial charge < -0.3 is 5.32 Å². The van der Waals surface area contributed by atoms with Gasteiger partial charge in [0.15, 0.2) is 0 Å². The minimum atomic E-state index is -0.224. The molecule has 1 N–H and O–H groups in total. The predicted molar refractivity (Wildman–Crippen MR) is 74.4 cm³/mol. The molecule has 0 unspecified atom stereocenters. The van der Waals surface area contributed by atoms with Crippen molar-refractivity contribution >= 4 is 11.3 Å². The number of benzene rings is 1. The monoisotopic (exact) mass is 264 g/mol. The number of aromatic nitrogens is 1. The van der Waals surface area contributed by atoms with Gasteiger partial charge in [-0.15, -0.1) is 11.3 Å². The fourth-order valence-electron chi connectivity index (χ4n) is 1.64. The highest BCUT2D eigenvalue weighted by atomic mass is 32.1. The van der Waals surface area contributed by atoms with Crippen molar-refractivity contribution in [2.24, 2.45) is 0 Å². The number of thiazole rings is 1. The molecular weight excluding hydrogens is 247 g/mol. The Morgan fingerprint density at radius 2 is 2.17 bits per heavy atom. The number of hydrogen-bond donors (Lipinski definition) is 1. The summed E-state index contributed by atoms with van der Waals surface area (Å²) < 4.78 is 13.2. The highest BCUT2D eigenvalue weighted by molar-refractivity contribution is 7.09. The molecule has 96 valence electrons. The van der Waals surface area contributed by atoms with Gasteiger partial charge in [0.05, 0.1) is 10.7 Å². The largest absolute Gasteiger partial charge is 0.314 e. The maximum Gasteiger partial charge on any atom is 0.123 e. The molecule has 0 spiro atoms. The van der Waals surface area contributed by atoms with Crippen LogP contribution in [0.3, 0.4) is 0 Å². The summed E-state index contributed by atoms with van der Waals surface area (Å²) in [4.78, 5) is 4.57. The molecule has 0 aliphatic heterocycles. The zero-order chi connectivity index (χ0) is 13.2. The average molecular weight is 264 g/mol. The Kier molecular flexibility index (Phi) is 3.78. The van der Waals surface area contributed by atoms with Crippen LogP contribution >= 0.6 is 11.3 Å². The van der Waals surface area contributed by atoms with E-state index >= 15 is 0 Å². The first-order chi connectivity index (χ1) is 8.50. The maximum atomic E-state index is 13.2. The Bertz CT molecular complexity index is 534. The molecule has 2 nitrogen and oxygen atoms in total. The van der Waals surface area contributed by atoms with Crippen molar-refractivity contribution in [3.05, 3.63) is 40.5 Å². The van der Waals surface area contributed by atoms with Crippen molar-refractivity contribution < 1.29 is 4.39 Å². The number of nitrogens with zero attached hydrogens (tertiary/aromatic N) is 1. The Hall–Kier alpha value is -1.26. The molecule has 1 aromatic heterocycles. The lowest BCUT2D eigenvalue weighted by Crippen LogP contribution is -2.38. The number of likely N-dealkylation sites (N-methyl/N-ethyl adjacent to an activating group) is 1. The van der Waals surface area contributed by atoms with Gasteiger partial charge in [0.25, 0.3) is 0 Å².